The number of hydrogen-bond donors (Lipinski definition) is 5. The highest BCUT2D eigenvalue weighted by atomic mass is 16.6. The van der Waals surface area contributed by atoms with Crippen molar-refractivity contribution in [3.05, 3.63) is 89.5 Å². The molecule has 0 aliphatic carbocycles. The molecule has 5 rings (SSSR count). The molecule has 2 heterocycles. The molecule has 4 aromatic rings. The lowest BCUT2D eigenvalue weighted by atomic mass is 10.1. The molecule has 9 heteroatoms. The van der Waals surface area contributed by atoms with E-state index in [2.05, 4.69) is 5.32 Å². The second-order valence-electron chi connectivity index (χ2n) is 9.42. The van der Waals surface area contributed by atoms with Gasteiger partial charge in [-0.2, -0.15) is 0 Å². The molecule has 200 valence electrons. The molecule has 38 heavy (non-hydrogen) atoms. The third kappa shape index (κ3) is 5.52. The van der Waals surface area contributed by atoms with Crippen LogP contribution in [0.15, 0.2) is 72.8 Å². The fraction of sp³-hybridized carbons (Fsp3) is 0.345. The molecule has 9 nitrogen and oxygen atoms in total. The lowest BCUT2D eigenvalue weighted by Crippen LogP contribution is -2.33. The normalized spacial score (nSPS) is 21.2. The van der Waals surface area contributed by atoms with Gasteiger partial charge in [0.15, 0.2) is 6.23 Å². The quantitative estimate of drug-likeness (QED) is 0.205. The second-order valence-corrected chi connectivity index (χ2v) is 9.42. The largest absolute Gasteiger partial charge is 0.489 e. The molecular formula is C29H33N3O6. The molecule has 1 aliphatic rings. The monoisotopic (exact) mass is 519 g/mol. The van der Waals surface area contributed by atoms with E-state index in [-0.39, 0.29) is 6.61 Å². The molecule has 5 N–H and O–H groups in total. The molecule has 0 bridgehead atoms. The highest BCUT2D eigenvalue weighted by molar-refractivity contribution is 5.78. The van der Waals surface area contributed by atoms with Gasteiger partial charge in [0, 0.05) is 13.2 Å². The molecule has 1 fully saturated rings. The Hall–Kier alpha value is -3.47. The van der Waals surface area contributed by atoms with E-state index in [1.54, 1.807) is 4.57 Å². The summed E-state index contributed by atoms with van der Waals surface area (Å²) in [7, 11) is 0. The predicted octanol–water partition coefficient (Wildman–Crippen LogP) is 2.76. The van der Waals surface area contributed by atoms with Gasteiger partial charge in [-0.3, -0.25) is 4.57 Å². The number of para-hydroxylation sites is 2. The summed E-state index contributed by atoms with van der Waals surface area (Å²) < 4.78 is 13.7. The number of anilines is 1. The maximum absolute atomic E-state index is 10.7. The van der Waals surface area contributed by atoms with Gasteiger partial charge in [-0.05, 0) is 47.7 Å². The molecule has 0 spiro atoms. The number of nitrogens with zero attached hydrogens (tertiary/aromatic N) is 2. The van der Waals surface area contributed by atoms with Crippen molar-refractivity contribution in [3.63, 3.8) is 0 Å². The van der Waals surface area contributed by atoms with Crippen LogP contribution in [-0.4, -0.2) is 61.5 Å². The maximum atomic E-state index is 10.7. The predicted molar refractivity (Wildman–Crippen MR) is 143 cm³/mol. The SMILES string of the molecule is OCCCc1ccc(CNc2nc3ccccc3n2[C@@H]2O[C@H](CO)[C@@H](O)[C@H]2O)cc1OCc1ccccc1. The first-order valence-corrected chi connectivity index (χ1v) is 12.8. The zero-order valence-electron chi connectivity index (χ0n) is 21.0. The van der Waals surface area contributed by atoms with Crippen LogP contribution in [0.2, 0.25) is 0 Å². The Morgan fingerprint density at radius 3 is 2.47 bits per heavy atom. The van der Waals surface area contributed by atoms with E-state index < -0.39 is 31.1 Å². The molecule has 1 aromatic heterocycles. The van der Waals surface area contributed by atoms with Gasteiger partial charge in [-0.25, -0.2) is 4.98 Å². The van der Waals surface area contributed by atoms with Gasteiger partial charge in [0.2, 0.25) is 5.95 Å². The van der Waals surface area contributed by atoms with Crippen molar-refractivity contribution in [3.8, 4) is 5.75 Å². The molecule has 1 saturated heterocycles. The van der Waals surface area contributed by atoms with Gasteiger partial charge in [0.1, 0.15) is 30.7 Å². The lowest BCUT2D eigenvalue weighted by Gasteiger charge is -2.20. The maximum Gasteiger partial charge on any atom is 0.206 e. The van der Waals surface area contributed by atoms with Crippen LogP contribution >= 0.6 is 0 Å². The van der Waals surface area contributed by atoms with Crippen LogP contribution in [-0.2, 0) is 24.3 Å². The van der Waals surface area contributed by atoms with Crippen molar-refractivity contribution < 1.29 is 29.9 Å². The summed E-state index contributed by atoms with van der Waals surface area (Å²) in [4.78, 5) is 4.70. The van der Waals surface area contributed by atoms with Crippen LogP contribution in [0.1, 0.15) is 29.3 Å². The van der Waals surface area contributed by atoms with Crippen molar-refractivity contribution in [2.24, 2.45) is 0 Å². The van der Waals surface area contributed by atoms with Gasteiger partial charge in [0.25, 0.3) is 0 Å². The number of ether oxygens (including phenoxy) is 2. The van der Waals surface area contributed by atoms with Crippen molar-refractivity contribution in [2.45, 2.75) is 50.5 Å². The van der Waals surface area contributed by atoms with Crippen molar-refractivity contribution in [1.82, 2.24) is 9.55 Å². The van der Waals surface area contributed by atoms with Crippen LogP contribution in [0.5, 0.6) is 5.75 Å². The van der Waals surface area contributed by atoms with Gasteiger partial charge in [-0.1, -0.05) is 54.6 Å². The highest BCUT2D eigenvalue weighted by Gasteiger charge is 2.44. The fourth-order valence-corrected chi connectivity index (χ4v) is 4.76. The zero-order chi connectivity index (χ0) is 26.5. The Bertz CT molecular complexity index is 1340. The number of rotatable bonds is 11. The molecule has 1 aliphatic heterocycles. The third-order valence-corrected chi connectivity index (χ3v) is 6.79. The topological polar surface area (TPSA) is 129 Å². The number of aryl methyl sites for hydroxylation is 1. The van der Waals surface area contributed by atoms with E-state index in [9.17, 15) is 20.4 Å². The molecule has 0 saturated carbocycles. The minimum Gasteiger partial charge on any atom is -0.489 e. The van der Waals surface area contributed by atoms with E-state index in [1.165, 1.54) is 0 Å². The summed E-state index contributed by atoms with van der Waals surface area (Å²) in [6.07, 6.45) is -2.89. The Kier molecular flexibility index (Phi) is 8.21. The standard InChI is InChI=1S/C29H33N3O6/c33-14-6-9-21-13-12-20(15-24(21)37-18-19-7-2-1-3-8-19)16-30-29-31-22-10-4-5-11-23(22)32(29)28-27(36)26(35)25(17-34)38-28/h1-5,7-8,10-13,15,25-28,33-36H,6,9,14,16-18H2,(H,30,31)/t25-,26-,27-,28-/m1/s1. The zero-order valence-corrected chi connectivity index (χ0v) is 21.0. The van der Waals surface area contributed by atoms with Crippen molar-refractivity contribution in [2.75, 3.05) is 18.5 Å². The summed E-state index contributed by atoms with van der Waals surface area (Å²) in [6.45, 7) is 0.558. The van der Waals surface area contributed by atoms with E-state index in [4.69, 9.17) is 14.5 Å². The smallest absolute Gasteiger partial charge is 0.206 e. The molecular weight excluding hydrogens is 486 g/mol. The average molecular weight is 520 g/mol. The van der Waals surface area contributed by atoms with E-state index >= 15 is 0 Å². The van der Waals surface area contributed by atoms with Crippen LogP contribution in [0.3, 0.4) is 0 Å². The van der Waals surface area contributed by atoms with Crippen LogP contribution in [0.4, 0.5) is 5.95 Å². The Labute approximate surface area is 220 Å². The molecule has 0 amide bonds. The van der Waals surface area contributed by atoms with Crippen LogP contribution in [0.25, 0.3) is 11.0 Å². The first-order chi connectivity index (χ1) is 18.6. The minimum atomic E-state index is -1.23. The summed E-state index contributed by atoms with van der Waals surface area (Å²) in [5.41, 5.74) is 4.49. The second kappa shape index (κ2) is 11.9. The number of imidazole rings is 1. The van der Waals surface area contributed by atoms with Gasteiger partial charge in [-0.15, -0.1) is 0 Å². The van der Waals surface area contributed by atoms with E-state index in [1.807, 2.05) is 72.8 Å². The van der Waals surface area contributed by atoms with E-state index in [0.29, 0.717) is 37.5 Å². The Balaban J connectivity index is 1.39. The Morgan fingerprint density at radius 2 is 1.71 bits per heavy atom. The fourth-order valence-electron chi connectivity index (χ4n) is 4.76. The first kappa shape index (κ1) is 26.1. The summed E-state index contributed by atoms with van der Waals surface area (Å²) in [5, 5.41) is 43.2. The molecule has 0 unspecified atom stereocenters. The summed E-state index contributed by atoms with van der Waals surface area (Å²) in [6, 6.07) is 23.4. The third-order valence-electron chi connectivity index (χ3n) is 6.79. The summed E-state index contributed by atoms with van der Waals surface area (Å²) >= 11 is 0. The number of benzene rings is 3. The lowest BCUT2D eigenvalue weighted by molar-refractivity contribution is -0.0499. The average Bonchev–Trinajstić information content (AvgIpc) is 3.46. The number of fused-ring (bicyclic) bond motifs is 1. The van der Waals surface area contributed by atoms with Gasteiger partial charge in [0.05, 0.1) is 17.6 Å². The van der Waals surface area contributed by atoms with E-state index in [0.717, 1.165) is 28.0 Å². The van der Waals surface area contributed by atoms with Crippen molar-refractivity contribution in [1.29, 1.82) is 0 Å². The molecule has 4 atom stereocenters. The number of aliphatic hydroxyl groups excluding tert-OH is 4. The number of nitrogens with one attached hydrogen (secondary N) is 1. The highest BCUT2D eigenvalue weighted by Crippen LogP contribution is 2.35. The molecule has 0 radical (unpaired) electrons. The van der Waals surface area contributed by atoms with Gasteiger partial charge >= 0.3 is 0 Å². The number of hydrogen-bond acceptors (Lipinski definition) is 8. The van der Waals surface area contributed by atoms with Crippen LogP contribution < -0.4 is 10.1 Å². The summed E-state index contributed by atoms with van der Waals surface area (Å²) in [5.74, 6) is 1.23. The number of aromatic nitrogens is 2. The number of aliphatic hydroxyl groups is 4. The van der Waals surface area contributed by atoms with Crippen LogP contribution in [0, 0.1) is 0 Å². The molecule has 3 aromatic carbocycles. The first-order valence-electron chi connectivity index (χ1n) is 12.8. The Morgan fingerprint density at radius 1 is 0.921 bits per heavy atom. The van der Waals surface area contributed by atoms with Crippen molar-refractivity contribution >= 4 is 17.0 Å². The minimum absolute atomic E-state index is 0.110. The van der Waals surface area contributed by atoms with Gasteiger partial charge < -0.3 is 35.2 Å².